The Labute approximate surface area is 662 Å². The molecule has 0 amide bonds. The van der Waals surface area contributed by atoms with Crippen LogP contribution in [0.4, 0.5) is 68.2 Å². The van der Waals surface area contributed by atoms with Crippen LogP contribution in [0.3, 0.4) is 0 Å². The Balaban J connectivity index is 0.685. The monoisotopic (exact) mass is 1460 g/mol. The molecule has 0 radical (unpaired) electrons. The summed E-state index contributed by atoms with van der Waals surface area (Å²) in [4.78, 5) is 10.1. The lowest BCUT2D eigenvalue weighted by molar-refractivity contribution is 1.18. The highest BCUT2D eigenvalue weighted by Crippen LogP contribution is 2.57. The molecule has 114 heavy (non-hydrogen) atoms. The molecule has 0 saturated heterocycles. The van der Waals surface area contributed by atoms with Crippen molar-refractivity contribution in [3.8, 4) is 0 Å². The van der Waals surface area contributed by atoms with Crippen LogP contribution < -0.4 is 19.6 Å². The zero-order valence-electron chi connectivity index (χ0n) is 64.8. The third-order valence-electron chi connectivity index (χ3n) is 24.4. The van der Waals surface area contributed by atoms with Crippen LogP contribution in [0.1, 0.15) is 50.1 Å². The first-order valence-electron chi connectivity index (χ1n) is 39.8. The molecule has 0 atom stereocenters. The number of hydrogen-bond acceptors (Lipinski definition) is 4. The maximum Gasteiger partial charge on any atom is 0.0640 e. The molecule has 22 rings (SSSR count). The van der Waals surface area contributed by atoms with E-state index in [1.807, 2.05) is 0 Å². The van der Waals surface area contributed by atoms with Crippen molar-refractivity contribution in [2.45, 2.75) is 54.9 Å². The summed E-state index contributed by atoms with van der Waals surface area (Å²) in [6.07, 6.45) is 0.751. The summed E-state index contributed by atoms with van der Waals surface area (Å²) in [6, 6.07) is 131. The third kappa shape index (κ3) is 10.3. The number of hydrogen-bond donors (Lipinski definition) is 0. The Morgan fingerprint density at radius 1 is 0.211 bits per heavy atom. The Bertz CT molecular complexity index is 7580. The molecule has 0 aliphatic rings. The van der Waals surface area contributed by atoms with Gasteiger partial charge in [0.25, 0.3) is 0 Å². The molecule has 0 saturated carbocycles. The van der Waals surface area contributed by atoms with Crippen molar-refractivity contribution in [2.24, 2.45) is 0 Å². The highest BCUT2D eigenvalue weighted by molar-refractivity contribution is 6.36. The zero-order valence-corrected chi connectivity index (χ0v) is 64.8. The minimum absolute atomic E-state index is 0.751. The normalized spacial score (nSPS) is 12.0. The molecule has 0 N–H and O–H groups in total. The third-order valence-corrected chi connectivity index (χ3v) is 24.4. The van der Waals surface area contributed by atoms with E-state index in [1.54, 1.807) is 0 Å². The molecule has 542 valence electrons. The summed E-state index contributed by atoms with van der Waals surface area (Å²) >= 11 is 0. The fourth-order valence-electron chi connectivity index (χ4n) is 19.0. The summed E-state index contributed by atoms with van der Waals surface area (Å²) in [7, 11) is 0. The Hall–Kier alpha value is -14.2. The average Bonchev–Trinajstić information content (AvgIpc) is 1.52. The number of fused-ring (bicyclic) bond motifs is 16. The van der Waals surface area contributed by atoms with Gasteiger partial charge in [-0.3, -0.25) is 0 Å². The van der Waals surface area contributed by atoms with Gasteiger partial charge in [-0.15, -0.1) is 0 Å². The van der Waals surface area contributed by atoms with E-state index < -0.39 is 0 Å². The molecule has 0 unspecified atom stereocenters. The first-order valence-corrected chi connectivity index (χ1v) is 39.8. The van der Waals surface area contributed by atoms with Gasteiger partial charge >= 0.3 is 0 Å². The van der Waals surface area contributed by atoms with Crippen molar-refractivity contribution in [3.63, 3.8) is 0 Å². The number of para-hydroxylation sites is 3. The van der Waals surface area contributed by atoms with Crippen molar-refractivity contribution in [3.05, 3.63) is 396 Å². The number of aryl methyl sites for hydroxylation is 7. The van der Waals surface area contributed by atoms with Crippen molar-refractivity contribution < 1.29 is 0 Å². The van der Waals surface area contributed by atoms with Crippen LogP contribution >= 0.6 is 0 Å². The Morgan fingerprint density at radius 2 is 0.465 bits per heavy atom. The molecule has 22 aromatic rings. The molecule has 0 spiro atoms. The van der Waals surface area contributed by atoms with E-state index in [2.05, 4.69) is 423 Å². The molecule has 0 fully saturated rings. The van der Waals surface area contributed by atoms with Crippen molar-refractivity contribution in [1.29, 1.82) is 0 Å². The number of nitrogens with zero attached hydrogens (tertiary/aromatic N) is 6. The molecule has 0 aliphatic carbocycles. The van der Waals surface area contributed by atoms with E-state index in [1.165, 1.54) is 192 Å². The molecule has 6 heteroatoms. The van der Waals surface area contributed by atoms with Gasteiger partial charge in [0.2, 0.25) is 0 Å². The van der Waals surface area contributed by atoms with E-state index >= 15 is 0 Å². The molecular weight excluding hydrogens is 1380 g/mol. The minimum Gasteiger partial charge on any atom is -0.309 e. The summed E-state index contributed by atoms with van der Waals surface area (Å²) in [6.45, 7) is 15.5. The van der Waals surface area contributed by atoms with E-state index in [0.717, 1.165) is 51.9 Å². The molecule has 18 aromatic carbocycles. The van der Waals surface area contributed by atoms with Crippen LogP contribution in [0, 0.1) is 48.5 Å². The number of anilines is 12. The highest BCUT2D eigenvalue weighted by Gasteiger charge is 2.33. The van der Waals surface area contributed by atoms with Gasteiger partial charge in [-0.05, 0) is 219 Å². The quantitative estimate of drug-likeness (QED) is 0.108. The second-order valence-electron chi connectivity index (χ2n) is 31.7. The summed E-state index contributed by atoms with van der Waals surface area (Å²) in [5.74, 6) is 0. The molecule has 4 heterocycles. The van der Waals surface area contributed by atoms with Gasteiger partial charge in [-0.2, -0.15) is 0 Å². The number of rotatable bonds is 14. The lowest BCUT2D eigenvalue weighted by Crippen LogP contribution is -2.13. The van der Waals surface area contributed by atoms with E-state index in [0.29, 0.717) is 0 Å². The zero-order chi connectivity index (χ0) is 76.3. The highest BCUT2D eigenvalue weighted by atomic mass is 15.2. The van der Waals surface area contributed by atoms with E-state index in [-0.39, 0.29) is 0 Å². The minimum atomic E-state index is 0.751. The van der Waals surface area contributed by atoms with Crippen LogP contribution in [0.25, 0.3) is 119 Å². The smallest absolute Gasteiger partial charge is 0.0640 e. The van der Waals surface area contributed by atoms with Gasteiger partial charge in [0, 0.05) is 110 Å². The first kappa shape index (κ1) is 66.8. The van der Waals surface area contributed by atoms with E-state index in [4.69, 9.17) is 0 Å². The van der Waals surface area contributed by atoms with Crippen molar-refractivity contribution in [1.82, 2.24) is 8.80 Å². The summed E-state index contributed by atoms with van der Waals surface area (Å²) in [5.41, 5.74) is 31.8. The number of benzene rings is 18. The molecule has 4 aromatic heterocycles. The molecular formula is C108H80N6. The maximum atomic E-state index is 2.60. The fourth-order valence-corrected chi connectivity index (χ4v) is 19.0. The largest absolute Gasteiger partial charge is 0.309 e. The first-order chi connectivity index (χ1) is 55.9. The van der Waals surface area contributed by atoms with Crippen LogP contribution in [-0.4, -0.2) is 8.80 Å². The second-order valence-corrected chi connectivity index (χ2v) is 31.7. The van der Waals surface area contributed by atoms with Gasteiger partial charge in [0.05, 0.1) is 55.8 Å². The topological polar surface area (TPSA) is 21.8 Å². The van der Waals surface area contributed by atoms with Crippen molar-refractivity contribution >= 4 is 188 Å². The lowest BCUT2D eigenvalue weighted by atomic mass is 9.97. The Morgan fingerprint density at radius 3 is 0.789 bits per heavy atom. The van der Waals surface area contributed by atoms with Gasteiger partial charge < -0.3 is 28.4 Å². The molecule has 0 aliphatic heterocycles. The van der Waals surface area contributed by atoms with Gasteiger partial charge in [-0.1, -0.05) is 253 Å². The predicted molar refractivity (Wildman–Crippen MR) is 487 cm³/mol. The fraction of sp³-hybridized carbons (Fsp3) is 0.0741. The van der Waals surface area contributed by atoms with Crippen molar-refractivity contribution in [2.75, 3.05) is 19.6 Å². The van der Waals surface area contributed by atoms with Crippen LogP contribution in [0.15, 0.2) is 346 Å². The summed E-state index contributed by atoms with van der Waals surface area (Å²) < 4.78 is 5.19. The molecule has 6 nitrogen and oxygen atoms in total. The van der Waals surface area contributed by atoms with Crippen LogP contribution in [0.2, 0.25) is 0 Å². The Kier molecular flexibility index (Phi) is 15.2. The van der Waals surface area contributed by atoms with Crippen LogP contribution in [-0.2, 0) is 6.42 Å². The lowest BCUT2D eigenvalue weighted by Gasteiger charge is -2.30. The second kappa shape index (κ2) is 26.0. The van der Waals surface area contributed by atoms with Gasteiger partial charge in [-0.25, -0.2) is 0 Å². The molecule has 0 bridgehead atoms. The number of aromatic nitrogens is 2. The average molecular weight is 1460 g/mol. The predicted octanol–water partition coefficient (Wildman–Crippen LogP) is 30.2. The standard InChI is InChI=1S/C108H80N6/c1-66-37-49-80(50-38-66)109(81-51-39-67(2)40-52-81)105-85-27-15-11-21-75(85)62-95-99(105)89-31-19-32-90-100-96(113(95)103(89)90)63-76-22-12-16-28-86(76)106(100)110(82-53-41-68(3)42-54-82)83-55-45-73(46-56-83)61-74-47-57-84(58-48-74)112(94-60-70(5)36-44-72(94)7)108-88-30-18-14-24-78(88)65-98-102(108)92-34-20-33-91-101-97(114(98)104(91)92)64-77-23-13-17-29-87(77)107(101)111(79-25-9-8-10-26-79)93-59-69(4)35-43-71(93)6/h8-60,62-65H,61H2,1-7H3. The van der Waals surface area contributed by atoms with Crippen LogP contribution in [0.5, 0.6) is 0 Å². The van der Waals surface area contributed by atoms with Gasteiger partial charge in [0.15, 0.2) is 0 Å². The summed E-state index contributed by atoms with van der Waals surface area (Å²) in [5, 5.41) is 19.3. The van der Waals surface area contributed by atoms with E-state index in [9.17, 15) is 0 Å². The SMILES string of the molecule is Cc1ccc(N(c2ccc(C)cc2)c2c3ccccc3cc3c2c2cccc4c5c(N(c6ccc(C)cc6)c6ccc(Cc7ccc(N(c8cc(C)ccc8C)c8c9ccccc9cc9c8c8cccc%10c%11c(N(c%12ccccc%12)c%12cc(C)ccc%12C)c%12ccccc%12cc%11n9c%108)cc7)cc6)c6ccccc6cc5n3c24)cc1. The maximum absolute atomic E-state index is 2.60. The van der Waals surface area contributed by atoms with Gasteiger partial charge in [0.1, 0.15) is 0 Å².